The van der Waals surface area contributed by atoms with Crippen LogP contribution < -0.4 is 18.9 Å². The van der Waals surface area contributed by atoms with Gasteiger partial charge >= 0.3 is 0 Å². The van der Waals surface area contributed by atoms with Gasteiger partial charge in [0.05, 0.1) is 33.1 Å². The maximum absolute atomic E-state index is 10.5. The Morgan fingerprint density at radius 2 is 1.75 bits per heavy atom. The van der Waals surface area contributed by atoms with Crippen molar-refractivity contribution in [1.82, 2.24) is 5.01 Å². The highest BCUT2D eigenvalue weighted by atomic mass is 16.5. The van der Waals surface area contributed by atoms with E-state index in [4.69, 9.17) is 24.0 Å². The Hall–Kier alpha value is -3.87. The molecule has 0 saturated heterocycles. The summed E-state index contributed by atoms with van der Waals surface area (Å²) in [6, 6.07) is 18.9. The van der Waals surface area contributed by atoms with Crippen molar-refractivity contribution >= 4 is 5.71 Å². The Balaban J connectivity index is 1.60. The van der Waals surface area contributed by atoms with E-state index in [2.05, 4.69) is 6.07 Å². The number of para-hydroxylation sites is 1. The average Bonchev–Trinajstić information content (AvgIpc) is 3.29. The lowest BCUT2D eigenvalue weighted by Gasteiger charge is -2.38. The van der Waals surface area contributed by atoms with Gasteiger partial charge in [-0.2, -0.15) is 5.10 Å². The maximum Gasteiger partial charge on any atom is 0.214 e. The molecule has 7 nitrogen and oxygen atoms in total. The first-order valence-electron chi connectivity index (χ1n) is 10.3. The van der Waals surface area contributed by atoms with Crippen molar-refractivity contribution in [2.45, 2.75) is 18.7 Å². The summed E-state index contributed by atoms with van der Waals surface area (Å²) in [4.78, 5) is 0. The molecule has 5 rings (SSSR count). The number of nitrogens with zero attached hydrogens (tertiary/aromatic N) is 2. The van der Waals surface area contributed by atoms with Crippen molar-refractivity contribution in [2.75, 3.05) is 21.3 Å². The van der Waals surface area contributed by atoms with Gasteiger partial charge in [0.25, 0.3) is 0 Å². The molecule has 2 heterocycles. The highest BCUT2D eigenvalue weighted by Gasteiger charge is 2.41. The Bertz CT molecular complexity index is 1190. The quantitative estimate of drug-likeness (QED) is 0.632. The zero-order chi connectivity index (χ0) is 22.2. The third-order valence-corrected chi connectivity index (χ3v) is 5.91. The summed E-state index contributed by atoms with van der Waals surface area (Å²) in [6.45, 7) is 0. The van der Waals surface area contributed by atoms with Crippen LogP contribution in [0.15, 0.2) is 65.8 Å². The van der Waals surface area contributed by atoms with Crippen LogP contribution in [0, 0.1) is 0 Å². The van der Waals surface area contributed by atoms with Gasteiger partial charge in [-0.3, -0.25) is 0 Å². The molecule has 0 aliphatic carbocycles. The second kappa shape index (κ2) is 8.00. The van der Waals surface area contributed by atoms with Crippen LogP contribution in [0.3, 0.4) is 0 Å². The summed E-state index contributed by atoms with van der Waals surface area (Å²) in [6.07, 6.45) is 0.171. The first-order chi connectivity index (χ1) is 15.6. The first kappa shape index (κ1) is 20.1. The van der Waals surface area contributed by atoms with Gasteiger partial charge in [-0.05, 0) is 42.5 Å². The molecule has 32 heavy (non-hydrogen) atoms. The van der Waals surface area contributed by atoms with Crippen LogP contribution >= 0.6 is 0 Å². The van der Waals surface area contributed by atoms with Gasteiger partial charge in [0, 0.05) is 23.1 Å². The van der Waals surface area contributed by atoms with E-state index < -0.39 is 6.23 Å². The topological polar surface area (TPSA) is 72.8 Å². The molecule has 7 heteroatoms. The minimum Gasteiger partial charge on any atom is -0.507 e. The van der Waals surface area contributed by atoms with Crippen LogP contribution in [0.2, 0.25) is 0 Å². The largest absolute Gasteiger partial charge is 0.507 e. The first-order valence-corrected chi connectivity index (χ1v) is 10.3. The summed E-state index contributed by atoms with van der Waals surface area (Å²) in [5.74, 6) is 2.92. The minimum atomic E-state index is -0.458. The van der Waals surface area contributed by atoms with Crippen molar-refractivity contribution in [1.29, 1.82) is 0 Å². The zero-order valence-electron chi connectivity index (χ0n) is 18.1. The van der Waals surface area contributed by atoms with Gasteiger partial charge in [0.15, 0.2) is 11.5 Å². The predicted molar refractivity (Wildman–Crippen MR) is 120 cm³/mol. The highest BCUT2D eigenvalue weighted by Crippen LogP contribution is 2.48. The van der Waals surface area contributed by atoms with E-state index in [0.717, 1.165) is 22.6 Å². The normalized spacial score (nSPS) is 18.8. The number of rotatable bonds is 5. The van der Waals surface area contributed by atoms with Gasteiger partial charge in [0.1, 0.15) is 17.2 Å². The Morgan fingerprint density at radius 3 is 2.53 bits per heavy atom. The van der Waals surface area contributed by atoms with Crippen molar-refractivity contribution < 1.29 is 24.1 Å². The minimum absolute atomic E-state index is 0.0290. The molecular weight excluding hydrogens is 408 g/mol. The van der Waals surface area contributed by atoms with E-state index in [-0.39, 0.29) is 11.8 Å². The second-order valence-electron chi connectivity index (χ2n) is 7.65. The number of ether oxygens (including phenoxy) is 4. The molecular formula is C25H24N2O5. The lowest BCUT2D eigenvalue weighted by atomic mass is 9.95. The Kier molecular flexibility index (Phi) is 5.01. The molecule has 0 spiro atoms. The Labute approximate surface area is 186 Å². The molecule has 0 amide bonds. The standard InChI is InChI=1S/C25H24N2O5/c1-29-16-9-10-21(28)18(13-16)19-14-20-17-6-4-5-7-22(17)32-25(27(20)26-19)15-8-11-23(30-2)24(12-15)31-3/h4-13,20,25,28H,14H2,1-3H3/t20-,25-/m0/s1. The molecule has 0 aromatic heterocycles. The molecule has 3 aromatic carbocycles. The molecule has 1 N–H and O–H groups in total. The van der Waals surface area contributed by atoms with E-state index in [1.807, 2.05) is 47.5 Å². The van der Waals surface area contributed by atoms with E-state index in [1.54, 1.807) is 33.5 Å². The van der Waals surface area contributed by atoms with Crippen LogP contribution in [0.5, 0.6) is 28.7 Å². The van der Waals surface area contributed by atoms with Crippen LogP contribution in [0.25, 0.3) is 0 Å². The van der Waals surface area contributed by atoms with E-state index in [1.165, 1.54) is 0 Å². The van der Waals surface area contributed by atoms with Gasteiger partial charge in [-0.1, -0.05) is 18.2 Å². The van der Waals surface area contributed by atoms with E-state index in [9.17, 15) is 5.11 Å². The molecule has 0 unspecified atom stereocenters. The lowest BCUT2D eigenvalue weighted by molar-refractivity contribution is -0.0191. The highest BCUT2D eigenvalue weighted by molar-refractivity contribution is 6.04. The summed E-state index contributed by atoms with van der Waals surface area (Å²) in [7, 11) is 4.82. The molecule has 164 valence electrons. The van der Waals surface area contributed by atoms with Crippen molar-refractivity contribution in [3.05, 3.63) is 77.4 Å². The molecule has 0 radical (unpaired) electrons. The van der Waals surface area contributed by atoms with Crippen LogP contribution in [0.4, 0.5) is 0 Å². The van der Waals surface area contributed by atoms with Gasteiger partial charge < -0.3 is 24.1 Å². The van der Waals surface area contributed by atoms with E-state index >= 15 is 0 Å². The summed E-state index contributed by atoms with van der Waals surface area (Å²) in [5.41, 5.74) is 3.38. The molecule has 2 aliphatic rings. The predicted octanol–water partition coefficient (Wildman–Crippen LogP) is 4.66. The summed E-state index contributed by atoms with van der Waals surface area (Å²) in [5, 5.41) is 17.4. The van der Waals surface area contributed by atoms with Gasteiger partial charge in [0.2, 0.25) is 6.23 Å². The smallest absolute Gasteiger partial charge is 0.214 e. The van der Waals surface area contributed by atoms with Gasteiger partial charge in [-0.25, -0.2) is 5.01 Å². The lowest BCUT2D eigenvalue weighted by Crippen LogP contribution is -2.33. The third kappa shape index (κ3) is 3.26. The number of fused-ring (bicyclic) bond motifs is 3. The number of hydrazone groups is 1. The fourth-order valence-corrected chi connectivity index (χ4v) is 4.30. The van der Waals surface area contributed by atoms with Crippen LogP contribution in [-0.4, -0.2) is 37.2 Å². The van der Waals surface area contributed by atoms with Crippen molar-refractivity contribution in [3.8, 4) is 28.7 Å². The second-order valence-corrected chi connectivity index (χ2v) is 7.65. The fourth-order valence-electron chi connectivity index (χ4n) is 4.30. The number of aromatic hydroxyl groups is 1. The number of benzene rings is 3. The Morgan fingerprint density at radius 1 is 0.938 bits per heavy atom. The van der Waals surface area contributed by atoms with E-state index in [0.29, 0.717) is 29.2 Å². The fraction of sp³-hybridized carbons (Fsp3) is 0.240. The number of hydrogen-bond donors (Lipinski definition) is 1. The third-order valence-electron chi connectivity index (χ3n) is 5.91. The number of hydrogen-bond acceptors (Lipinski definition) is 7. The monoisotopic (exact) mass is 432 g/mol. The molecule has 0 fully saturated rings. The number of methoxy groups -OCH3 is 3. The van der Waals surface area contributed by atoms with Crippen molar-refractivity contribution in [3.63, 3.8) is 0 Å². The van der Waals surface area contributed by atoms with Gasteiger partial charge in [-0.15, -0.1) is 0 Å². The SMILES string of the molecule is COc1ccc(O)c(C2=NN3[C@@H](C2)c2ccccc2O[C@H]3c2ccc(OC)c(OC)c2)c1. The average molecular weight is 432 g/mol. The van der Waals surface area contributed by atoms with Crippen LogP contribution in [0.1, 0.15) is 35.4 Å². The summed E-state index contributed by atoms with van der Waals surface area (Å²) < 4.78 is 22.6. The van der Waals surface area contributed by atoms with Crippen molar-refractivity contribution in [2.24, 2.45) is 5.10 Å². The maximum atomic E-state index is 10.5. The number of phenols is 1. The molecule has 2 aliphatic heterocycles. The molecule has 2 atom stereocenters. The molecule has 0 bridgehead atoms. The molecule has 0 saturated carbocycles. The zero-order valence-corrected chi connectivity index (χ0v) is 18.1. The number of phenolic OH excluding ortho intramolecular Hbond substituents is 1. The van der Waals surface area contributed by atoms with Crippen LogP contribution in [-0.2, 0) is 0 Å². The summed E-state index contributed by atoms with van der Waals surface area (Å²) >= 11 is 0. The molecule has 3 aromatic rings.